The van der Waals surface area contributed by atoms with Gasteiger partial charge in [-0.15, -0.1) is 0 Å². The Kier molecular flexibility index (Phi) is 4.98. The van der Waals surface area contributed by atoms with Gasteiger partial charge in [0, 0.05) is 5.56 Å². The number of benzene rings is 3. The average molecular weight is 370 g/mol. The van der Waals surface area contributed by atoms with E-state index in [9.17, 15) is 4.79 Å². The van der Waals surface area contributed by atoms with E-state index in [2.05, 4.69) is 19.1 Å². The molecular weight excluding hydrogens is 348 g/mol. The van der Waals surface area contributed by atoms with Crippen molar-refractivity contribution < 1.29 is 14.3 Å². The van der Waals surface area contributed by atoms with Gasteiger partial charge in [-0.1, -0.05) is 61.5 Å². The van der Waals surface area contributed by atoms with Crippen LogP contribution in [0.4, 0.5) is 0 Å². The van der Waals surface area contributed by atoms with Gasteiger partial charge in [0.1, 0.15) is 18.1 Å². The van der Waals surface area contributed by atoms with E-state index in [4.69, 9.17) is 9.47 Å². The number of ether oxygens (including phenoxy) is 2. The predicted octanol–water partition coefficient (Wildman–Crippen LogP) is 5.75. The molecule has 140 valence electrons. The summed E-state index contributed by atoms with van der Waals surface area (Å²) in [6.07, 6.45) is 2.79. The molecule has 28 heavy (non-hydrogen) atoms. The third kappa shape index (κ3) is 3.56. The van der Waals surface area contributed by atoms with Gasteiger partial charge in [-0.2, -0.15) is 0 Å². The van der Waals surface area contributed by atoms with Gasteiger partial charge in [0.2, 0.25) is 5.78 Å². The lowest BCUT2D eigenvalue weighted by atomic mass is 10.0. The normalized spacial score (nSPS) is 14.1. The van der Waals surface area contributed by atoms with E-state index in [1.54, 1.807) is 12.1 Å². The van der Waals surface area contributed by atoms with E-state index in [0.717, 1.165) is 28.9 Å². The summed E-state index contributed by atoms with van der Waals surface area (Å²) in [4.78, 5) is 12.7. The van der Waals surface area contributed by atoms with Crippen LogP contribution in [0.15, 0.2) is 72.5 Å². The Morgan fingerprint density at radius 3 is 2.39 bits per heavy atom. The van der Waals surface area contributed by atoms with Crippen LogP contribution >= 0.6 is 0 Å². The second-order valence-electron chi connectivity index (χ2n) is 6.87. The Hall–Kier alpha value is -3.33. The van der Waals surface area contributed by atoms with Gasteiger partial charge in [0.05, 0.1) is 5.56 Å². The molecule has 0 saturated heterocycles. The van der Waals surface area contributed by atoms with Crippen molar-refractivity contribution in [2.45, 2.75) is 26.9 Å². The molecule has 3 aromatic carbocycles. The Morgan fingerprint density at radius 2 is 1.68 bits per heavy atom. The summed E-state index contributed by atoms with van der Waals surface area (Å²) in [5.74, 6) is 1.57. The molecule has 0 fully saturated rings. The van der Waals surface area contributed by atoms with Crippen LogP contribution in [0.25, 0.3) is 6.08 Å². The molecule has 3 aromatic rings. The molecule has 3 heteroatoms. The standard InChI is InChI=1S/C25H22O3/c1-3-18-9-11-19(12-10-18)15-23-24(26)21-13-14-22(17(2)25(21)28-23)27-16-20-7-5-4-6-8-20/h4-15H,3,16H2,1-2H3/b23-15-. The Labute approximate surface area is 165 Å². The molecule has 0 unspecified atom stereocenters. The second-order valence-corrected chi connectivity index (χ2v) is 6.87. The van der Waals surface area contributed by atoms with Gasteiger partial charge in [0.15, 0.2) is 5.76 Å². The smallest absolute Gasteiger partial charge is 0.231 e. The van der Waals surface area contributed by atoms with E-state index >= 15 is 0 Å². The topological polar surface area (TPSA) is 35.5 Å². The summed E-state index contributed by atoms with van der Waals surface area (Å²) in [7, 11) is 0. The molecule has 0 spiro atoms. The highest BCUT2D eigenvalue weighted by Gasteiger charge is 2.30. The number of hydrogen-bond donors (Lipinski definition) is 0. The van der Waals surface area contributed by atoms with Crippen molar-refractivity contribution in [1.29, 1.82) is 0 Å². The van der Waals surface area contributed by atoms with Gasteiger partial charge in [-0.25, -0.2) is 0 Å². The van der Waals surface area contributed by atoms with Crippen molar-refractivity contribution in [1.82, 2.24) is 0 Å². The lowest BCUT2D eigenvalue weighted by Crippen LogP contribution is -1.98. The SMILES string of the molecule is CCc1ccc(/C=C2\Oc3c(ccc(OCc4ccccc4)c3C)C2=O)cc1. The number of carbonyl (C=O) groups is 1. The fraction of sp³-hybridized carbons (Fsp3) is 0.160. The lowest BCUT2D eigenvalue weighted by Gasteiger charge is -2.11. The van der Waals surface area contributed by atoms with E-state index in [1.807, 2.05) is 55.5 Å². The number of fused-ring (bicyclic) bond motifs is 1. The van der Waals surface area contributed by atoms with E-state index in [-0.39, 0.29) is 5.78 Å². The van der Waals surface area contributed by atoms with E-state index in [1.165, 1.54) is 5.56 Å². The summed E-state index contributed by atoms with van der Waals surface area (Å²) >= 11 is 0. The summed E-state index contributed by atoms with van der Waals surface area (Å²) in [5, 5.41) is 0. The zero-order valence-corrected chi connectivity index (χ0v) is 16.1. The maximum Gasteiger partial charge on any atom is 0.231 e. The quantitative estimate of drug-likeness (QED) is 0.536. The Balaban J connectivity index is 1.56. The van der Waals surface area contributed by atoms with Crippen molar-refractivity contribution in [3.05, 3.63) is 100 Å². The van der Waals surface area contributed by atoms with Crippen molar-refractivity contribution in [3.63, 3.8) is 0 Å². The van der Waals surface area contributed by atoms with Crippen LogP contribution < -0.4 is 9.47 Å². The summed E-state index contributed by atoms with van der Waals surface area (Å²) in [5.41, 5.74) is 4.73. The molecule has 0 bridgehead atoms. The fourth-order valence-electron chi connectivity index (χ4n) is 3.26. The molecule has 0 aliphatic carbocycles. The van der Waals surface area contributed by atoms with Gasteiger partial charge in [-0.05, 0) is 48.2 Å². The minimum atomic E-state index is -0.0905. The molecule has 4 rings (SSSR count). The van der Waals surface area contributed by atoms with Crippen molar-refractivity contribution in [2.24, 2.45) is 0 Å². The molecule has 0 N–H and O–H groups in total. The largest absolute Gasteiger partial charge is 0.488 e. The van der Waals surface area contributed by atoms with Crippen LogP contribution in [0.5, 0.6) is 11.5 Å². The Morgan fingerprint density at radius 1 is 0.929 bits per heavy atom. The minimum absolute atomic E-state index is 0.0905. The number of hydrogen-bond acceptors (Lipinski definition) is 3. The van der Waals surface area contributed by atoms with Crippen LogP contribution in [-0.4, -0.2) is 5.78 Å². The van der Waals surface area contributed by atoms with Crippen molar-refractivity contribution in [3.8, 4) is 11.5 Å². The maximum absolute atomic E-state index is 12.7. The molecule has 0 saturated carbocycles. The van der Waals surface area contributed by atoms with Gasteiger partial charge in [-0.3, -0.25) is 4.79 Å². The van der Waals surface area contributed by atoms with E-state index in [0.29, 0.717) is 23.7 Å². The summed E-state index contributed by atoms with van der Waals surface area (Å²) in [6.45, 7) is 4.51. The first-order chi connectivity index (χ1) is 13.7. The second kappa shape index (κ2) is 7.73. The van der Waals surface area contributed by atoms with Crippen molar-refractivity contribution >= 4 is 11.9 Å². The Bertz CT molecular complexity index is 1030. The highest BCUT2D eigenvalue weighted by Crippen LogP contribution is 2.39. The van der Waals surface area contributed by atoms with Crippen LogP contribution in [-0.2, 0) is 13.0 Å². The molecule has 0 amide bonds. The number of allylic oxidation sites excluding steroid dienone is 1. The van der Waals surface area contributed by atoms with Crippen LogP contribution in [0, 0.1) is 6.92 Å². The first kappa shape index (κ1) is 18.1. The molecule has 0 aromatic heterocycles. The summed E-state index contributed by atoms with van der Waals surface area (Å²) < 4.78 is 11.9. The monoisotopic (exact) mass is 370 g/mol. The highest BCUT2D eigenvalue weighted by molar-refractivity contribution is 6.14. The van der Waals surface area contributed by atoms with Gasteiger partial charge in [0.25, 0.3) is 0 Å². The third-order valence-electron chi connectivity index (χ3n) is 4.96. The zero-order valence-electron chi connectivity index (χ0n) is 16.1. The average Bonchev–Trinajstić information content (AvgIpc) is 3.05. The lowest BCUT2D eigenvalue weighted by molar-refractivity contribution is 0.101. The molecule has 1 aliphatic heterocycles. The van der Waals surface area contributed by atoms with Crippen LogP contribution in [0.2, 0.25) is 0 Å². The highest BCUT2D eigenvalue weighted by atomic mass is 16.5. The fourth-order valence-corrected chi connectivity index (χ4v) is 3.26. The number of aryl methyl sites for hydroxylation is 1. The molecular formula is C25H22O3. The predicted molar refractivity (Wildman–Crippen MR) is 111 cm³/mol. The number of rotatable bonds is 5. The van der Waals surface area contributed by atoms with E-state index < -0.39 is 0 Å². The molecule has 1 heterocycles. The van der Waals surface area contributed by atoms with Crippen molar-refractivity contribution in [2.75, 3.05) is 0 Å². The third-order valence-corrected chi connectivity index (χ3v) is 4.96. The number of carbonyl (C=O) groups excluding carboxylic acids is 1. The molecule has 0 atom stereocenters. The molecule has 3 nitrogen and oxygen atoms in total. The molecule has 0 radical (unpaired) electrons. The van der Waals surface area contributed by atoms with Crippen LogP contribution in [0.3, 0.4) is 0 Å². The molecule has 1 aliphatic rings. The first-order valence-electron chi connectivity index (χ1n) is 9.49. The van der Waals surface area contributed by atoms with Gasteiger partial charge >= 0.3 is 0 Å². The minimum Gasteiger partial charge on any atom is -0.488 e. The van der Waals surface area contributed by atoms with Crippen LogP contribution in [0.1, 0.15) is 39.5 Å². The first-order valence-corrected chi connectivity index (χ1v) is 9.49. The summed E-state index contributed by atoms with van der Waals surface area (Å²) in [6, 6.07) is 21.8. The maximum atomic E-state index is 12.7. The van der Waals surface area contributed by atoms with Gasteiger partial charge < -0.3 is 9.47 Å². The number of ketones is 1. The number of Topliss-reactive ketones (excluding diaryl/α,β-unsaturated/α-hetero) is 1. The zero-order chi connectivity index (χ0) is 19.5.